The molecule has 1 fully saturated rings. The Morgan fingerprint density at radius 3 is 1.31 bits per heavy atom. The van der Waals surface area contributed by atoms with Crippen LogP contribution >= 0.6 is 0 Å². The largest absolute Gasteiger partial charge is 0.311 e. The number of para-hydroxylation sites is 2. The zero-order valence-corrected chi connectivity index (χ0v) is 22.3. The zero-order valence-electron chi connectivity index (χ0n) is 22.3. The zero-order chi connectivity index (χ0) is 26.6. The van der Waals surface area contributed by atoms with Crippen LogP contribution < -0.4 is 25.8 Å². The van der Waals surface area contributed by atoms with E-state index in [9.17, 15) is 0 Å². The normalized spacial score (nSPS) is 13.9. The SMILES string of the molecule is Cc1ccc(N(c2ccc(C)cc2)c2ccc(C3NN(c4ccccc4)CN(c4ccccc4)N3)cc2)cc1. The first-order valence-corrected chi connectivity index (χ1v) is 13.3. The molecule has 0 aromatic heterocycles. The highest BCUT2D eigenvalue weighted by molar-refractivity contribution is 5.76. The predicted molar refractivity (Wildman–Crippen MR) is 162 cm³/mol. The van der Waals surface area contributed by atoms with Crippen molar-refractivity contribution >= 4 is 28.4 Å². The molecule has 1 aliphatic heterocycles. The molecular formula is C34H33N5. The van der Waals surface area contributed by atoms with Crippen LogP contribution in [0.25, 0.3) is 0 Å². The summed E-state index contributed by atoms with van der Waals surface area (Å²) in [4.78, 5) is 2.30. The van der Waals surface area contributed by atoms with E-state index in [-0.39, 0.29) is 6.17 Å². The molecule has 1 saturated heterocycles. The molecule has 1 heterocycles. The van der Waals surface area contributed by atoms with Crippen molar-refractivity contribution in [3.05, 3.63) is 150 Å². The van der Waals surface area contributed by atoms with E-state index in [0.29, 0.717) is 6.67 Å². The Balaban J connectivity index is 1.32. The Bertz CT molecular complexity index is 1390. The molecule has 0 radical (unpaired) electrons. The summed E-state index contributed by atoms with van der Waals surface area (Å²) in [6, 6.07) is 47.1. The van der Waals surface area contributed by atoms with E-state index in [2.05, 4.69) is 161 Å². The summed E-state index contributed by atoms with van der Waals surface area (Å²) in [6.07, 6.45) is -0.111. The second kappa shape index (κ2) is 11.0. The topological polar surface area (TPSA) is 33.8 Å². The highest BCUT2D eigenvalue weighted by Crippen LogP contribution is 2.35. The van der Waals surface area contributed by atoms with Gasteiger partial charge in [0.2, 0.25) is 0 Å². The van der Waals surface area contributed by atoms with Gasteiger partial charge in [0.25, 0.3) is 0 Å². The van der Waals surface area contributed by atoms with Crippen LogP contribution in [0, 0.1) is 13.8 Å². The van der Waals surface area contributed by atoms with Gasteiger partial charge in [-0.1, -0.05) is 83.9 Å². The van der Waals surface area contributed by atoms with E-state index in [1.807, 2.05) is 12.1 Å². The van der Waals surface area contributed by atoms with Gasteiger partial charge in [-0.3, -0.25) is 10.0 Å². The fourth-order valence-electron chi connectivity index (χ4n) is 4.89. The van der Waals surface area contributed by atoms with Crippen LogP contribution in [0.15, 0.2) is 133 Å². The van der Waals surface area contributed by atoms with Crippen molar-refractivity contribution in [3.8, 4) is 0 Å². The van der Waals surface area contributed by atoms with Crippen molar-refractivity contribution in [2.75, 3.05) is 21.6 Å². The molecule has 0 spiro atoms. The number of rotatable bonds is 6. The molecule has 5 aromatic carbocycles. The Morgan fingerprint density at radius 1 is 0.513 bits per heavy atom. The third-order valence-corrected chi connectivity index (χ3v) is 7.06. The average Bonchev–Trinajstić information content (AvgIpc) is 3.00. The van der Waals surface area contributed by atoms with Crippen LogP contribution in [0.2, 0.25) is 0 Å². The van der Waals surface area contributed by atoms with Gasteiger partial charge in [-0.25, -0.2) is 10.9 Å². The molecule has 0 atom stereocenters. The maximum atomic E-state index is 3.68. The predicted octanol–water partition coefficient (Wildman–Crippen LogP) is 7.77. The van der Waals surface area contributed by atoms with E-state index in [1.165, 1.54) is 11.1 Å². The van der Waals surface area contributed by atoms with Crippen LogP contribution in [0.1, 0.15) is 22.9 Å². The minimum absolute atomic E-state index is 0.111. The van der Waals surface area contributed by atoms with Gasteiger partial charge >= 0.3 is 0 Å². The number of hydrogen-bond acceptors (Lipinski definition) is 5. The molecule has 194 valence electrons. The lowest BCUT2D eigenvalue weighted by molar-refractivity contribution is 0.348. The first-order valence-electron chi connectivity index (χ1n) is 13.3. The smallest absolute Gasteiger partial charge is 0.120 e. The first kappa shape index (κ1) is 24.7. The third-order valence-electron chi connectivity index (χ3n) is 7.06. The average molecular weight is 512 g/mol. The van der Waals surface area contributed by atoms with Crippen LogP contribution in [-0.2, 0) is 0 Å². The molecule has 1 aliphatic rings. The van der Waals surface area contributed by atoms with Crippen LogP contribution in [0.4, 0.5) is 28.4 Å². The summed E-state index contributed by atoms with van der Waals surface area (Å²) < 4.78 is 0. The lowest BCUT2D eigenvalue weighted by atomic mass is 10.1. The van der Waals surface area contributed by atoms with Crippen molar-refractivity contribution in [2.24, 2.45) is 0 Å². The van der Waals surface area contributed by atoms with Crippen molar-refractivity contribution in [2.45, 2.75) is 20.0 Å². The number of hydrazine groups is 2. The second-order valence-corrected chi connectivity index (χ2v) is 9.96. The summed E-state index contributed by atoms with van der Waals surface area (Å²) >= 11 is 0. The summed E-state index contributed by atoms with van der Waals surface area (Å²) in [5.74, 6) is 0. The minimum atomic E-state index is -0.111. The van der Waals surface area contributed by atoms with Gasteiger partial charge in [-0.15, -0.1) is 0 Å². The van der Waals surface area contributed by atoms with Crippen molar-refractivity contribution in [1.29, 1.82) is 0 Å². The van der Waals surface area contributed by atoms with E-state index >= 15 is 0 Å². The molecule has 0 bridgehead atoms. The second-order valence-electron chi connectivity index (χ2n) is 9.96. The molecule has 0 amide bonds. The summed E-state index contributed by atoms with van der Waals surface area (Å²) in [5, 5.41) is 4.37. The Labute approximate surface area is 230 Å². The van der Waals surface area contributed by atoms with Gasteiger partial charge < -0.3 is 4.90 Å². The molecule has 5 nitrogen and oxygen atoms in total. The first-order chi connectivity index (χ1) is 19.1. The minimum Gasteiger partial charge on any atom is -0.311 e. The number of hydrogen-bond donors (Lipinski definition) is 2. The van der Waals surface area contributed by atoms with Gasteiger partial charge in [0.1, 0.15) is 12.8 Å². The lowest BCUT2D eigenvalue weighted by Gasteiger charge is -2.43. The molecule has 2 N–H and O–H groups in total. The van der Waals surface area contributed by atoms with E-state index in [4.69, 9.17) is 0 Å². The fourth-order valence-corrected chi connectivity index (χ4v) is 4.89. The summed E-state index contributed by atoms with van der Waals surface area (Å²) in [5.41, 5.74) is 16.6. The Morgan fingerprint density at radius 2 is 0.897 bits per heavy atom. The number of benzene rings is 5. The maximum Gasteiger partial charge on any atom is 0.120 e. The van der Waals surface area contributed by atoms with Crippen molar-refractivity contribution in [3.63, 3.8) is 0 Å². The van der Waals surface area contributed by atoms with Gasteiger partial charge in [0.05, 0.1) is 11.4 Å². The molecular weight excluding hydrogens is 478 g/mol. The van der Waals surface area contributed by atoms with Crippen LogP contribution in [0.3, 0.4) is 0 Å². The van der Waals surface area contributed by atoms with Gasteiger partial charge in [-0.05, 0) is 80.1 Å². The van der Waals surface area contributed by atoms with Crippen molar-refractivity contribution in [1.82, 2.24) is 10.9 Å². The van der Waals surface area contributed by atoms with Crippen molar-refractivity contribution < 1.29 is 0 Å². The molecule has 5 heteroatoms. The van der Waals surface area contributed by atoms with Gasteiger partial charge in [0, 0.05) is 17.1 Å². The molecule has 0 saturated carbocycles. The Kier molecular flexibility index (Phi) is 7.00. The molecule has 5 aromatic rings. The summed E-state index contributed by atoms with van der Waals surface area (Å²) in [7, 11) is 0. The molecule has 0 unspecified atom stereocenters. The van der Waals surface area contributed by atoms with E-state index < -0.39 is 0 Å². The van der Waals surface area contributed by atoms with E-state index in [0.717, 1.165) is 34.0 Å². The highest BCUT2D eigenvalue weighted by Gasteiger charge is 2.26. The highest BCUT2D eigenvalue weighted by atomic mass is 15.7. The van der Waals surface area contributed by atoms with Crippen LogP contribution in [0.5, 0.6) is 0 Å². The number of anilines is 5. The quantitative estimate of drug-likeness (QED) is 0.243. The fraction of sp³-hybridized carbons (Fsp3) is 0.118. The number of aryl methyl sites for hydroxylation is 2. The van der Waals surface area contributed by atoms with Gasteiger partial charge in [0.15, 0.2) is 0 Å². The van der Waals surface area contributed by atoms with Crippen LogP contribution in [-0.4, -0.2) is 6.67 Å². The maximum absolute atomic E-state index is 3.68. The molecule has 6 rings (SSSR count). The summed E-state index contributed by atoms with van der Waals surface area (Å²) in [6.45, 7) is 4.91. The molecule has 39 heavy (non-hydrogen) atoms. The lowest BCUT2D eigenvalue weighted by Crippen LogP contribution is -2.62. The third kappa shape index (κ3) is 5.50. The monoisotopic (exact) mass is 511 g/mol. The standard InChI is InChI=1S/C34H33N5/c1-26-13-19-31(20-14-26)39(32-21-15-27(2)16-22-32)33-23-17-28(18-24-33)34-35-37(29-9-5-3-6-10-29)25-38(36-34)30-11-7-4-8-12-30/h3-24,34-36H,25H2,1-2H3. The number of nitrogens with zero attached hydrogens (tertiary/aromatic N) is 3. The Hall–Kier alpha value is -4.58. The van der Waals surface area contributed by atoms with E-state index in [1.54, 1.807) is 0 Å². The molecule has 0 aliphatic carbocycles. The van der Waals surface area contributed by atoms with Gasteiger partial charge in [-0.2, -0.15) is 0 Å². The number of nitrogens with one attached hydrogen (secondary N) is 2.